The first-order valence-corrected chi connectivity index (χ1v) is 9.30. The van der Waals surface area contributed by atoms with E-state index in [4.69, 9.17) is 5.73 Å². The lowest BCUT2D eigenvalue weighted by molar-refractivity contribution is 0.0950. The highest BCUT2D eigenvalue weighted by atomic mass is 16.6. The van der Waals surface area contributed by atoms with Gasteiger partial charge in [-0.3, -0.25) is 4.79 Å². The summed E-state index contributed by atoms with van der Waals surface area (Å²) < 4.78 is 5.97. The summed E-state index contributed by atoms with van der Waals surface area (Å²) >= 11 is 0. The maximum Gasteiger partial charge on any atom is 0.294 e. The first kappa shape index (κ1) is 19.7. The fourth-order valence-electron chi connectivity index (χ4n) is 2.80. The third-order valence-corrected chi connectivity index (χ3v) is 4.32. The normalized spacial score (nSPS) is 11.4. The van der Waals surface area contributed by atoms with Crippen LogP contribution in [0.25, 0.3) is 23.2 Å². The van der Waals surface area contributed by atoms with Gasteiger partial charge >= 0.3 is 0 Å². The number of nitrogen functional groups attached to an aromatic ring is 1. The maximum atomic E-state index is 12.8. The zero-order chi connectivity index (χ0) is 21.6. The summed E-state index contributed by atoms with van der Waals surface area (Å²) in [4.78, 5) is 12.8. The van der Waals surface area contributed by atoms with Crippen molar-refractivity contribution in [2.45, 2.75) is 6.92 Å². The van der Waals surface area contributed by atoms with E-state index in [2.05, 4.69) is 35.8 Å². The highest BCUT2D eigenvalue weighted by Gasteiger charge is 2.25. The molecule has 0 unspecified atom stereocenters. The van der Waals surface area contributed by atoms with Gasteiger partial charge in [0.1, 0.15) is 5.69 Å². The van der Waals surface area contributed by atoms with Crippen molar-refractivity contribution in [2.24, 2.45) is 5.10 Å². The van der Waals surface area contributed by atoms with Crippen molar-refractivity contribution in [1.82, 2.24) is 30.7 Å². The summed E-state index contributed by atoms with van der Waals surface area (Å²) in [5, 5.41) is 19.3. The van der Waals surface area contributed by atoms with E-state index in [-0.39, 0.29) is 17.3 Å². The molecule has 154 valence electrons. The van der Waals surface area contributed by atoms with Gasteiger partial charge in [-0.25, -0.2) is 10.1 Å². The Hall–Kier alpha value is -4.60. The molecule has 10 nitrogen and oxygen atoms in total. The molecule has 0 aliphatic heterocycles. The maximum absolute atomic E-state index is 12.8. The van der Waals surface area contributed by atoms with Crippen molar-refractivity contribution in [2.75, 3.05) is 5.73 Å². The third kappa shape index (κ3) is 4.37. The minimum absolute atomic E-state index is 0.0225. The van der Waals surface area contributed by atoms with E-state index in [9.17, 15) is 4.79 Å². The Bertz CT molecular complexity index is 1240. The number of nitrogens with one attached hydrogen (secondary N) is 1. The summed E-state index contributed by atoms with van der Waals surface area (Å²) in [7, 11) is 0. The first-order valence-electron chi connectivity index (χ1n) is 9.30. The van der Waals surface area contributed by atoms with Gasteiger partial charge in [0.15, 0.2) is 5.69 Å². The number of carbonyl (C=O) groups excluding carboxylic acids is 1. The number of aryl methyl sites for hydroxylation is 1. The van der Waals surface area contributed by atoms with Crippen molar-refractivity contribution in [3.8, 4) is 17.1 Å². The Morgan fingerprint density at radius 3 is 2.61 bits per heavy atom. The molecule has 2 aromatic heterocycles. The van der Waals surface area contributed by atoms with E-state index in [1.54, 1.807) is 6.08 Å². The number of anilines is 1. The Morgan fingerprint density at radius 1 is 1.13 bits per heavy atom. The number of nitrogens with zero attached hydrogens (tertiary/aromatic N) is 6. The lowest BCUT2D eigenvalue weighted by Gasteiger charge is -2.06. The fraction of sp³-hybridized carbons (Fsp3) is 0.0476. The molecule has 0 bridgehead atoms. The summed E-state index contributed by atoms with van der Waals surface area (Å²) in [5.74, 6) is -0.382. The largest absolute Gasteiger partial charge is 0.378 e. The van der Waals surface area contributed by atoms with Gasteiger partial charge in [-0.05, 0) is 28.9 Å². The van der Waals surface area contributed by atoms with Crippen molar-refractivity contribution in [1.29, 1.82) is 0 Å². The second-order valence-electron chi connectivity index (χ2n) is 6.53. The molecule has 4 aromatic rings. The second-order valence-corrected chi connectivity index (χ2v) is 6.53. The lowest BCUT2D eigenvalue weighted by Crippen LogP contribution is -2.19. The first-order chi connectivity index (χ1) is 15.1. The number of nitrogens with two attached hydrogens (primary N) is 1. The molecule has 2 aromatic carbocycles. The van der Waals surface area contributed by atoms with Crippen LogP contribution in [0.4, 0.5) is 5.82 Å². The highest BCUT2D eigenvalue weighted by Crippen LogP contribution is 2.26. The molecule has 10 heteroatoms. The molecule has 0 fully saturated rings. The molecule has 0 saturated carbocycles. The number of amides is 1. The predicted molar refractivity (Wildman–Crippen MR) is 115 cm³/mol. The molecule has 0 aliphatic rings. The van der Waals surface area contributed by atoms with Crippen LogP contribution in [0.3, 0.4) is 0 Å². The second kappa shape index (κ2) is 8.82. The number of rotatable bonds is 6. The van der Waals surface area contributed by atoms with Gasteiger partial charge in [-0.15, -0.1) is 5.10 Å². The van der Waals surface area contributed by atoms with Crippen molar-refractivity contribution in [3.63, 3.8) is 0 Å². The number of aromatic nitrogens is 5. The van der Waals surface area contributed by atoms with E-state index in [0.717, 1.165) is 11.1 Å². The number of carbonyl (C=O) groups is 1. The Labute approximate surface area is 177 Å². The Kier molecular flexibility index (Phi) is 5.61. The minimum Gasteiger partial charge on any atom is -0.378 e. The monoisotopic (exact) mass is 414 g/mol. The third-order valence-electron chi connectivity index (χ3n) is 4.32. The number of hydrogen-bond acceptors (Lipinski definition) is 8. The average molecular weight is 414 g/mol. The molecule has 0 radical (unpaired) electrons. The molecule has 0 saturated heterocycles. The van der Waals surface area contributed by atoms with E-state index >= 15 is 0 Å². The molecule has 0 spiro atoms. The highest BCUT2D eigenvalue weighted by molar-refractivity contribution is 5.98. The summed E-state index contributed by atoms with van der Waals surface area (Å²) in [5.41, 5.74) is 11.5. The standard InChI is InChI=1S/C21H18N8O2/c1-14-9-11-16(12-10-14)18-17(24-28-29(18)20-19(22)26-31-27-20)21(30)25-23-13-5-8-15-6-3-2-4-7-15/h2-13H,1H3,(H2,22,26)(H,25,30)/b8-5+,23-13+. The van der Waals surface area contributed by atoms with Crippen LogP contribution in [0, 0.1) is 6.92 Å². The van der Waals surface area contributed by atoms with Gasteiger partial charge in [-0.1, -0.05) is 71.5 Å². The van der Waals surface area contributed by atoms with Crippen LogP contribution >= 0.6 is 0 Å². The van der Waals surface area contributed by atoms with Crippen molar-refractivity contribution < 1.29 is 9.42 Å². The lowest BCUT2D eigenvalue weighted by atomic mass is 10.1. The summed E-state index contributed by atoms with van der Waals surface area (Å²) in [6.07, 6.45) is 5.06. The molecule has 4 rings (SSSR count). The molecule has 2 heterocycles. The van der Waals surface area contributed by atoms with E-state index < -0.39 is 5.91 Å². The smallest absolute Gasteiger partial charge is 0.294 e. The summed E-state index contributed by atoms with van der Waals surface area (Å²) in [6, 6.07) is 17.2. The topological polar surface area (TPSA) is 137 Å². The zero-order valence-corrected chi connectivity index (χ0v) is 16.5. The van der Waals surface area contributed by atoms with Crippen LogP contribution in [0.1, 0.15) is 21.6 Å². The van der Waals surface area contributed by atoms with Crippen molar-refractivity contribution >= 4 is 24.0 Å². The fourth-order valence-corrected chi connectivity index (χ4v) is 2.80. The van der Waals surface area contributed by atoms with Crippen LogP contribution in [-0.2, 0) is 0 Å². The van der Waals surface area contributed by atoms with Gasteiger partial charge in [0.2, 0.25) is 11.6 Å². The molecule has 0 atom stereocenters. The minimum atomic E-state index is -0.541. The molecular weight excluding hydrogens is 396 g/mol. The summed E-state index contributed by atoms with van der Waals surface area (Å²) in [6.45, 7) is 1.96. The molecule has 3 N–H and O–H groups in total. The number of hydrazone groups is 1. The van der Waals surface area contributed by atoms with Crippen LogP contribution < -0.4 is 11.2 Å². The van der Waals surface area contributed by atoms with E-state index in [0.29, 0.717) is 11.3 Å². The van der Waals surface area contributed by atoms with Gasteiger partial charge in [0.25, 0.3) is 5.91 Å². The molecular formula is C21H18N8O2. The predicted octanol–water partition coefficient (Wildman–Crippen LogP) is 2.64. The van der Waals surface area contributed by atoms with Crippen LogP contribution in [0.15, 0.2) is 70.4 Å². The molecule has 1 amide bonds. The van der Waals surface area contributed by atoms with Crippen molar-refractivity contribution in [3.05, 3.63) is 77.5 Å². The number of benzene rings is 2. The quantitative estimate of drug-likeness (QED) is 0.365. The van der Waals surface area contributed by atoms with Gasteiger partial charge in [-0.2, -0.15) is 9.78 Å². The van der Waals surface area contributed by atoms with Crippen LogP contribution in [0.5, 0.6) is 0 Å². The molecule has 0 aliphatic carbocycles. The Balaban J connectivity index is 1.60. The zero-order valence-electron chi connectivity index (χ0n) is 16.5. The number of allylic oxidation sites excluding steroid dienone is 1. The van der Waals surface area contributed by atoms with Gasteiger partial charge < -0.3 is 5.73 Å². The Morgan fingerprint density at radius 2 is 1.90 bits per heavy atom. The van der Waals surface area contributed by atoms with E-state index in [1.165, 1.54) is 10.9 Å². The van der Waals surface area contributed by atoms with E-state index in [1.807, 2.05) is 67.6 Å². The van der Waals surface area contributed by atoms with Gasteiger partial charge in [0.05, 0.1) is 0 Å². The van der Waals surface area contributed by atoms with Crippen LogP contribution in [0.2, 0.25) is 0 Å². The van der Waals surface area contributed by atoms with Gasteiger partial charge in [0, 0.05) is 11.8 Å². The SMILES string of the molecule is Cc1ccc(-c2c(C(=O)N/N=C/C=C/c3ccccc3)nnn2-c2nonc2N)cc1. The molecule has 31 heavy (non-hydrogen) atoms. The number of hydrogen-bond donors (Lipinski definition) is 2. The average Bonchev–Trinajstić information content (AvgIpc) is 3.40. The van der Waals surface area contributed by atoms with Crippen LogP contribution in [-0.4, -0.2) is 37.4 Å².